The van der Waals surface area contributed by atoms with Gasteiger partial charge in [-0.25, -0.2) is 0 Å². The van der Waals surface area contributed by atoms with E-state index in [0.717, 1.165) is 13.1 Å². The van der Waals surface area contributed by atoms with Gasteiger partial charge in [0.05, 0.1) is 5.54 Å². The van der Waals surface area contributed by atoms with Gasteiger partial charge in [0.15, 0.2) is 0 Å². The van der Waals surface area contributed by atoms with E-state index in [0.29, 0.717) is 0 Å². The third-order valence-corrected chi connectivity index (χ3v) is 2.59. The maximum Gasteiger partial charge on any atom is 0.237 e. The van der Waals surface area contributed by atoms with E-state index < -0.39 is 5.54 Å². The summed E-state index contributed by atoms with van der Waals surface area (Å²) in [7, 11) is 0. The minimum absolute atomic E-state index is 0.252. The van der Waals surface area contributed by atoms with Crippen LogP contribution in [-0.4, -0.2) is 29.4 Å². The van der Waals surface area contributed by atoms with Crippen LogP contribution in [0, 0.1) is 0 Å². The number of carbonyl (C=O) groups excluding carboxylic acids is 1. The molecule has 1 aliphatic heterocycles. The van der Waals surface area contributed by atoms with Gasteiger partial charge in [0.25, 0.3) is 0 Å². The summed E-state index contributed by atoms with van der Waals surface area (Å²) < 4.78 is 0. The van der Waals surface area contributed by atoms with Gasteiger partial charge in [-0.3, -0.25) is 9.69 Å². The first-order valence-electron chi connectivity index (χ1n) is 5.17. The molecule has 0 aromatic carbocycles. The number of rotatable bonds is 2. The Kier molecular flexibility index (Phi) is 4.85. The van der Waals surface area contributed by atoms with Crippen LogP contribution in [-0.2, 0) is 4.79 Å². The average Bonchev–Trinajstić information content (AvgIpc) is 2.05. The summed E-state index contributed by atoms with van der Waals surface area (Å²) in [5, 5.41) is 0. The Hall–Kier alpha value is -0.830. The SMILES string of the molecule is CC.CC=C1CN(C(C)(C)C(N)=O)C1. The molecule has 14 heavy (non-hydrogen) atoms. The molecular weight excluding hydrogens is 176 g/mol. The molecule has 0 radical (unpaired) electrons. The maximum atomic E-state index is 11.0. The molecule has 0 bridgehead atoms. The fourth-order valence-electron chi connectivity index (χ4n) is 1.18. The third-order valence-electron chi connectivity index (χ3n) is 2.59. The predicted octanol–water partition coefficient (Wildman–Crippen LogP) is 1.54. The number of carbonyl (C=O) groups is 1. The molecule has 1 rings (SSSR count). The molecule has 82 valence electrons. The summed E-state index contributed by atoms with van der Waals surface area (Å²) >= 11 is 0. The lowest BCUT2D eigenvalue weighted by Gasteiger charge is -2.44. The zero-order valence-corrected chi connectivity index (χ0v) is 9.92. The van der Waals surface area contributed by atoms with Crippen molar-refractivity contribution in [2.75, 3.05) is 13.1 Å². The Bertz CT molecular complexity index is 223. The summed E-state index contributed by atoms with van der Waals surface area (Å²) in [6.45, 7) is 11.5. The Morgan fingerprint density at radius 1 is 1.43 bits per heavy atom. The number of hydrogen-bond donors (Lipinski definition) is 1. The van der Waals surface area contributed by atoms with E-state index in [4.69, 9.17) is 5.73 Å². The van der Waals surface area contributed by atoms with Crippen LogP contribution in [0.25, 0.3) is 0 Å². The van der Waals surface area contributed by atoms with Crippen molar-refractivity contribution >= 4 is 5.91 Å². The summed E-state index contributed by atoms with van der Waals surface area (Å²) in [5.41, 5.74) is 6.15. The van der Waals surface area contributed by atoms with Gasteiger partial charge in [-0.05, 0) is 26.3 Å². The number of primary amides is 1. The van der Waals surface area contributed by atoms with Gasteiger partial charge in [0.2, 0.25) is 5.91 Å². The molecule has 1 heterocycles. The molecular formula is C11H22N2O. The summed E-state index contributed by atoms with van der Waals surface area (Å²) in [6.07, 6.45) is 2.09. The first-order valence-corrected chi connectivity index (χ1v) is 5.17. The highest BCUT2D eigenvalue weighted by Crippen LogP contribution is 2.24. The first-order chi connectivity index (χ1) is 6.48. The van der Waals surface area contributed by atoms with Gasteiger partial charge in [0, 0.05) is 13.1 Å². The van der Waals surface area contributed by atoms with Gasteiger partial charge in [-0.15, -0.1) is 0 Å². The molecule has 0 aliphatic carbocycles. The molecule has 0 aromatic rings. The minimum Gasteiger partial charge on any atom is -0.368 e. The second-order valence-corrected chi connectivity index (χ2v) is 3.73. The quantitative estimate of drug-likeness (QED) is 0.684. The molecule has 1 amide bonds. The number of hydrogen-bond acceptors (Lipinski definition) is 2. The van der Waals surface area contributed by atoms with Gasteiger partial charge in [0.1, 0.15) is 0 Å². The highest BCUT2D eigenvalue weighted by Gasteiger charge is 2.37. The molecule has 0 saturated carbocycles. The van der Waals surface area contributed by atoms with Crippen LogP contribution in [0.2, 0.25) is 0 Å². The van der Waals surface area contributed by atoms with Crippen molar-refractivity contribution in [1.29, 1.82) is 0 Å². The smallest absolute Gasteiger partial charge is 0.237 e. The number of amides is 1. The molecule has 2 N–H and O–H groups in total. The van der Waals surface area contributed by atoms with Crippen molar-refractivity contribution in [3.8, 4) is 0 Å². The number of likely N-dealkylation sites (tertiary alicyclic amines) is 1. The highest BCUT2D eigenvalue weighted by atomic mass is 16.1. The first kappa shape index (κ1) is 13.2. The molecule has 1 fully saturated rings. The molecule has 3 nitrogen and oxygen atoms in total. The standard InChI is InChI=1S/C9H16N2O.C2H6/c1-4-7-5-11(6-7)9(2,3)8(10)12;1-2/h4H,5-6H2,1-3H3,(H2,10,12);1-2H3. The van der Waals surface area contributed by atoms with E-state index in [1.807, 2.05) is 34.6 Å². The normalized spacial score (nSPS) is 16.5. The fourth-order valence-corrected chi connectivity index (χ4v) is 1.18. The van der Waals surface area contributed by atoms with Crippen LogP contribution in [0.4, 0.5) is 0 Å². The lowest BCUT2D eigenvalue weighted by atomic mass is 9.94. The Morgan fingerprint density at radius 2 is 1.86 bits per heavy atom. The van der Waals surface area contributed by atoms with Crippen molar-refractivity contribution in [1.82, 2.24) is 4.90 Å². The van der Waals surface area contributed by atoms with Crippen molar-refractivity contribution in [3.05, 3.63) is 11.6 Å². The molecule has 0 atom stereocenters. The molecule has 1 aliphatic rings. The number of nitrogens with two attached hydrogens (primary N) is 1. The summed E-state index contributed by atoms with van der Waals surface area (Å²) in [6, 6.07) is 0. The van der Waals surface area contributed by atoms with Crippen LogP contribution in [0.3, 0.4) is 0 Å². The van der Waals surface area contributed by atoms with E-state index in [1.165, 1.54) is 5.57 Å². The van der Waals surface area contributed by atoms with Crippen LogP contribution in [0.5, 0.6) is 0 Å². The second kappa shape index (κ2) is 5.15. The van der Waals surface area contributed by atoms with E-state index in [-0.39, 0.29) is 5.91 Å². The van der Waals surface area contributed by atoms with Gasteiger partial charge in [-0.1, -0.05) is 19.9 Å². The topological polar surface area (TPSA) is 46.3 Å². The zero-order chi connectivity index (χ0) is 11.4. The highest BCUT2D eigenvalue weighted by molar-refractivity contribution is 5.83. The van der Waals surface area contributed by atoms with Gasteiger partial charge < -0.3 is 5.73 Å². The molecule has 0 unspecified atom stereocenters. The van der Waals surface area contributed by atoms with Crippen molar-refractivity contribution in [2.45, 2.75) is 40.2 Å². The largest absolute Gasteiger partial charge is 0.368 e. The minimum atomic E-state index is -0.494. The summed E-state index contributed by atoms with van der Waals surface area (Å²) in [4.78, 5) is 13.1. The summed E-state index contributed by atoms with van der Waals surface area (Å²) in [5.74, 6) is -0.252. The van der Waals surface area contributed by atoms with Crippen LogP contribution >= 0.6 is 0 Å². The number of nitrogens with zero attached hydrogens (tertiary/aromatic N) is 1. The fraction of sp³-hybridized carbons (Fsp3) is 0.727. The van der Waals surface area contributed by atoms with Crippen LogP contribution < -0.4 is 5.73 Å². The molecule has 1 saturated heterocycles. The second-order valence-electron chi connectivity index (χ2n) is 3.73. The maximum absolute atomic E-state index is 11.0. The number of allylic oxidation sites excluding steroid dienone is 1. The van der Waals surface area contributed by atoms with Crippen molar-refractivity contribution < 1.29 is 4.79 Å². The average molecular weight is 198 g/mol. The third kappa shape index (κ3) is 2.58. The molecule has 0 spiro atoms. The molecule has 0 aromatic heterocycles. The van der Waals surface area contributed by atoms with E-state index >= 15 is 0 Å². The monoisotopic (exact) mass is 198 g/mol. The predicted molar refractivity (Wildman–Crippen MR) is 60.0 cm³/mol. The van der Waals surface area contributed by atoms with Crippen LogP contribution in [0.1, 0.15) is 34.6 Å². The Balaban J connectivity index is 0.000000791. The lowest BCUT2D eigenvalue weighted by Crippen LogP contribution is -2.59. The zero-order valence-electron chi connectivity index (χ0n) is 9.92. The molecule has 3 heteroatoms. The van der Waals surface area contributed by atoms with Crippen LogP contribution in [0.15, 0.2) is 11.6 Å². The van der Waals surface area contributed by atoms with Gasteiger partial charge in [-0.2, -0.15) is 0 Å². The Morgan fingerprint density at radius 3 is 2.14 bits per heavy atom. The van der Waals surface area contributed by atoms with E-state index in [9.17, 15) is 4.79 Å². The van der Waals surface area contributed by atoms with Gasteiger partial charge >= 0.3 is 0 Å². The Labute approximate surface area is 87.0 Å². The van der Waals surface area contributed by atoms with E-state index in [1.54, 1.807) is 0 Å². The van der Waals surface area contributed by atoms with E-state index in [2.05, 4.69) is 11.0 Å². The van der Waals surface area contributed by atoms with Crippen molar-refractivity contribution in [3.63, 3.8) is 0 Å². The lowest BCUT2D eigenvalue weighted by molar-refractivity contribution is -0.129. The van der Waals surface area contributed by atoms with Crippen molar-refractivity contribution in [2.24, 2.45) is 5.73 Å².